The van der Waals surface area contributed by atoms with Gasteiger partial charge in [-0.15, -0.1) is 0 Å². The lowest BCUT2D eigenvalue weighted by molar-refractivity contribution is -0.160. The highest BCUT2D eigenvalue weighted by molar-refractivity contribution is 5.98. The van der Waals surface area contributed by atoms with Crippen molar-refractivity contribution in [1.29, 1.82) is 0 Å². The summed E-state index contributed by atoms with van der Waals surface area (Å²) in [6.07, 6.45) is 18.5. The van der Waals surface area contributed by atoms with Crippen LogP contribution in [0.15, 0.2) is 30.5 Å². The first-order valence-corrected chi connectivity index (χ1v) is 15.8. The number of nitrogens with one attached hydrogen (secondary N) is 2. The number of hydrogen-bond acceptors (Lipinski definition) is 5. The van der Waals surface area contributed by atoms with Gasteiger partial charge in [-0.05, 0) is 125 Å². The summed E-state index contributed by atoms with van der Waals surface area (Å²) in [5.74, 6) is 5.59. The number of para-hydroxylation sites is 1. The Morgan fingerprint density at radius 1 is 0.632 bits per heavy atom. The van der Waals surface area contributed by atoms with Crippen molar-refractivity contribution in [3.63, 3.8) is 0 Å². The Kier molecular flexibility index (Phi) is 5.91. The molecule has 8 saturated carbocycles. The summed E-state index contributed by atoms with van der Waals surface area (Å²) in [6.45, 7) is 3.24. The van der Waals surface area contributed by atoms with Crippen LogP contribution in [0, 0.1) is 35.5 Å². The van der Waals surface area contributed by atoms with Crippen molar-refractivity contribution in [1.82, 2.24) is 4.98 Å². The molecule has 0 saturated heterocycles. The van der Waals surface area contributed by atoms with Gasteiger partial charge in [0, 0.05) is 30.4 Å². The fraction of sp³-hybridized carbons (Fsp3) is 0.727. The van der Waals surface area contributed by atoms with E-state index in [4.69, 9.17) is 14.5 Å². The third kappa shape index (κ3) is 4.42. The quantitative estimate of drug-likeness (QED) is 0.333. The number of pyridine rings is 1. The van der Waals surface area contributed by atoms with E-state index >= 15 is 0 Å². The number of aromatic nitrogens is 1. The molecule has 2 N–H and O–H groups in total. The summed E-state index contributed by atoms with van der Waals surface area (Å²) in [6, 6.07) is 8.58. The van der Waals surface area contributed by atoms with Gasteiger partial charge >= 0.3 is 0 Å². The Morgan fingerprint density at radius 3 is 1.61 bits per heavy atom. The highest BCUT2D eigenvalue weighted by Crippen LogP contribution is 2.58. The van der Waals surface area contributed by atoms with Crippen LogP contribution in [0.5, 0.6) is 0 Å². The summed E-state index contributed by atoms with van der Waals surface area (Å²) >= 11 is 0. The van der Waals surface area contributed by atoms with Gasteiger partial charge in [0.15, 0.2) is 0 Å². The lowest BCUT2D eigenvalue weighted by atomic mass is 9.54. The van der Waals surface area contributed by atoms with E-state index in [1.54, 1.807) is 0 Å². The van der Waals surface area contributed by atoms with Gasteiger partial charge in [0.25, 0.3) is 0 Å². The molecule has 0 spiro atoms. The summed E-state index contributed by atoms with van der Waals surface area (Å²) in [5, 5.41) is 8.50. The molecule has 1 heterocycles. The Balaban J connectivity index is 0.864. The molecule has 8 aliphatic carbocycles. The first-order chi connectivity index (χ1) is 18.6. The van der Waals surface area contributed by atoms with E-state index in [0.29, 0.717) is 0 Å². The van der Waals surface area contributed by atoms with E-state index < -0.39 is 0 Å². The van der Waals surface area contributed by atoms with E-state index in [-0.39, 0.29) is 11.2 Å². The average Bonchev–Trinajstić information content (AvgIpc) is 2.88. The molecule has 204 valence electrons. The largest absolute Gasteiger partial charge is 0.382 e. The summed E-state index contributed by atoms with van der Waals surface area (Å²) < 4.78 is 13.3. The van der Waals surface area contributed by atoms with Crippen molar-refractivity contribution in [2.24, 2.45) is 35.5 Å². The topological polar surface area (TPSA) is 55.4 Å². The first-order valence-electron chi connectivity index (χ1n) is 15.8. The Hall–Kier alpha value is -1.85. The second-order valence-corrected chi connectivity index (χ2v) is 14.3. The second-order valence-electron chi connectivity index (χ2n) is 14.3. The summed E-state index contributed by atoms with van der Waals surface area (Å²) in [7, 11) is 0. The predicted octanol–water partition coefficient (Wildman–Crippen LogP) is 7.03. The van der Waals surface area contributed by atoms with Crippen LogP contribution in [-0.2, 0) is 9.47 Å². The van der Waals surface area contributed by atoms with E-state index in [1.165, 1.54) is 82.4 Å². The van der Waals surface area contributed by atoms with Crippen molar-refractivity contribution in [2.45, 2.75) is 88.3 Å². The van der Waals surface area contributed by atoms with Crippen LogP contribution in [0.3, 0.4) is 0 Å². The molecule has 0 atom stereocenters. The Labute approximate surface area is 227 Å². The Morgan fingerprint density at radius 2 is 1.11 bits per heavy atom. The van der Waals surface area contributed by atoms with Crippen molar-refractivity contribution in [3.8, 4) is 0 Å². The molecule has 0 amide bonds. The van der Waals surface area contributed by atoms with Gasteiger partial charge in [0.1, 0.15) is 0 Å². The number of fused-ring (bicyclic) bond motifs is 1. The molecule has 8 aliphatic rings. The highest BCUT2D eigenvalue weighted by atomic mass is 16.5. The Bertz CT molecular complexity index is 1020. The number of anilines is 2. The third-order valence-electron chi connectivity index (χ3n) is 11.4. The number of ether oxygens (including phenoxy) is 2. The zero-order valence-electron chi connectivity index (χ0n) is 22.9. The lowest BCUT2D eigenvalue weighted by Crippen LogP contribution is -2.52. The van der Waals surface area contributed by atoms with Crippen molar-refractivity contribution in [3.05, 3.63) is 30.5 Å². The van der Waals surface area contributed by atoms with Crippen LogP contribution >= 0.6 is 0 Å². The van der Waals surface area contributed by atoms with Crippen molar-refractivity contribution in [2.75, 3.05) is 36.9 Å². The number of benzene rings is 1. The van der Waals surface area contributed by atoms with Crippen LogP contribution in [0.4, 0.5) is 11.4 Å². The molecule has 10 rings (SSSR count). The molecule has 8 bridgehead atoms. The zero-order valence-corrected chi connectivity index (χ0v) is 22.9. The standard InChI is InChI=1S/C33H45N3O2/c1-2-28-29(34-6-8-37-32-16-22-10-23(17-32)12-24(11-22)18-32)4-5-36-31(28)30(3-1)35-7-9-38-33-19-25-13-26(20-33)15-27(14-25)21-33/h1-5,22-27,35H,6-21H2,(H,34,36). The third-order valence-corrected chi connectivity index (χ3v) is 11.4. The molecule has 1 aromatic heterocycles. The molecule has 1 aromatic carbocycles. The van der Waals surface area contributed by atoms with Gasteiger partial charge in [0.2, 0.25) is 0 Å². The van der Waals surface area contributed by atoms with Crippen LogP contribution in [0.1, 0.15) is 77.0 Å². The van der Waals surface area contributed by atoms with Gasteiger partial charge in [-0.25, -0.2) is 0 Å². The second kappa shape index (κ2) is 9.37. The molecule has 5 nitrogen and oxygen atoms in total. The number of nitrogens with zero attached hydrogens (tertiary/aromatic N) is 1. The molecule has 5 heteroatoms. The molecule has 8 fully saturated rings. The predicted molar refractivity (Wildman–Crippen MR) is 152 cm³/mol. The zero-order chi connectivity index (χ0) is 25.2. The monoisotopic (exact) mass is 515 g/mol. The minimum absolute atomic E-state index is 0.183. The van der Waals surface area contributed by atoms with Crippen molar-refractivity contribution < 1.29 is 9.47 Å². The fourth-order valence-corrected chi connectivity index (χ4v) is 10.8. The molecule has 0 radical (unpaired) electrons. The van der Waals surface area contributed by atoms with Crippen LogP contribution in [0.2, 0.25) is 0 Å². The van der Waals surface area contributed by atoms with E-state index in [1.807, 2.05) is 6.20 Å². The molecule has 0 aliphatic heterocycles. The van der Waals surface area contributed by atoms with Gasteiger partial charge in [-0.3, -0.25) is 4.98 Å². The number of rotatable bonds is 10. The molecule has 0 unspecified atom stereocenters. The minimum atomic E-state index is 0.183. The SMILES string of the molecule is c1cc(NCCOC23CC4CC(CC(C4)C2)C3)c2nccc(NCCOC34CC5CC(CC(C5)C3)C4)c2c1. The van der Waals surface area contributed by atoms with Gasteiger partial charge < -0.3 is 20.1 Å². The van der Waals surface area contributed by atoms with Gasteiger partial charge in [-0.2, -0.15) is 0 Å². The van der Waals surface area contributed by atoms with Crippen LogP contribution in [0.25, 0.3) is 10.9 Å². The van der Waals surface area contributed by atoms with Crippen LogP contribution < -0.4 is 10.6 Å². The normalized spacial score (nSPS) is 40.2. The maximum absolute atomic E-state index is 6.65. The molecule has 2 aromatic rings. The smallest absolute Gasteiger partial charge is 0.0953 e. The first kappa shape index (κ1) is 24.0. The minimum Gasteiger partial charge on any atom is -0.382 e. The van der Waals surface area contributed by atoms with Crippen LogP contribution in [-0.4, -0.2) is 42.5 Å². The summed E-state index contributed by atoms with van der Waals surface area (Å²) in [4.78, 5) is 4.76. The average molecular weight is 516 g/mol. The fourth-order valence-electron chi connectivity index (χ4n) is 10.8. The maximum Gasteiger partial charge on any atom is 0.0953 e. The van der Waals surface area contributed by atoms with E-state index in [0.717, 1.165) is 78.7 Å². The highest BCUT2D eigenvalue weighted by Gasteiger charge is 2.52. The maximum atomic E-state index is 6.65. The van der Waals surface area contributed by atoms with Gasteiger partial charge in [0.05, 0.1) is 35.6 Å². The molecular weight excluding hydrogens is 470 g/mol. The van der Waals surface area contributed by atoms with Crippen molar-refractivity contribution >= 4 is 22.3 Å². The van der Waals surface area contributed by atoms with E-state index in [9.17, 15) is 0 Å². The number of hydrogen-bond donors (Lipinski definition) is 2. The molecular formula is C33H45N3O2. The van der Waals surface area contributed by atoms with E-state index in [2.05, 4.69) is 34.9 Å². The van der Waals surface area contributed by atoms with Gasteiger partial charge in [-0.1, -0.05) is 12.1 Å². The lowest BCUT2D eigenvalue weighted by Gasteiger charge is -2.56. The summed E-state index contributed by atoms with van der Waals surface area (Å²) in [5.41, 5.74) is 3.66. The molecule has 38 heavy (non-hydrogen) atoms.